The second-order valence-corrected chi connectivity index (χ2v) is 13.9. The van der Waals surface area contributed by atoms with E-state index in [1.165, 1.54) is 57.8 Å². The third-order valence-corrected chi connectivity index (χ3v) is 12.6. The molecule has 0 aromatic carbocycles. The van der Waals surface area contributed by atoms with Gasteiger partial charge >= 0.3 is 0 Å². The monoisotopic (exact) mass is 453 g/mol. The van der Waals surface area contributed by atoms with Crippen LogP contribution in [0.2, 0.25) is 0 Å². The Kier molecular flexibility index (Phi) is 6.42. The van der Waals surface area contributed by atoms with Gasteiger partial charge in [-0.05, 0) is 135 Å². The smallest absolute Gasteiger partial charge is 0.0648 e. The minimum atomic E-state index is -0.369. The molecule has 10 atom stereocenters. The van der Waals surface area contributed by atoms with E-state index in [9.17, 15) is 5.11 Å². The third kappa shape index (κ3) is 3.99. The number of allylic oxidation sites excluding steroid dienone is 1. The van der Waals surface area contributed by atoms with Gasteiger partial charge < -0.3 is 5.11 Å². The summed E-state index contributed by atoms with van der Waals surface area (Å²) in [5.74, 6) is 6.05. The summed E-state index contributed by atoms with van der Waals surface area (Å²) in [5, 5.41) is 11.1. The van der Waals surface area contributed by atoms with Crippen molar-refractivity contribution in [3.63, 3.8) is 0 Å². The van der Waals surface area contributed by atoms with Gasteiger partial charge in [-0.15, -0.1) is 0 Å². The topological polar surface area (TPSA) is 32.6 Å². The van der Waals surface area contributed by atoms with E-state index in [0.717, 1.165) is 61.2 Å². The van der Waals surface area contributed by atoms with Crippen LogP contribution < -0.4 is 0 Å². The van der Waals surface area contributed by atoms with Gasteiger partial charge in [0.25, 0.3) is 0 Å². The zero-order chi connectivity index (χ0) is 23.4. The van der Waals surface area contributed by atoms with Gasteiger partial charge in [0.2, 0.25) is 0 Å². The van der Waals surface area contributed by atoms with Crippen LogP contribution in [0.4, 0.5) is 0 Å². The van der Waals surface area contributed by atoms with Crippen LogP contribution in [0.1, 0.15) is 118 Å². The molecule has 2 heteroatoms. The maximum atomic E-state index is 11.1. The Morgan fingerprint density at radius 2 is 1.76 bits per heavy atom. The highest BCUT2D eigenvalue weighted by Crippen LogP contribution is 2.69. The molecule has 0 spiro atoms. The van der Waals surface area contributed by atoms with Gasteiger partial charge in [-0.1, -0.05) is 34.6 Å². The lowest BCUT2D eigenvalue weighted by atomic mass is 9.43. The van der Waals surface area contributed by atoms with Crippen molar-refractivity contribution in [1.82, 2.24) is 0 Å². The molecule has 4 saturated carbocycles. The molecule has 2 nitrogen and oxygen atoms in total. The van der Waals surface area contributed by atoms with E-state index in [0.29, 0.717) is 16.7 Å². The van der Waals surface area contributed by atoms with E-state index in [1.807, 2.05) is 0 Å². The van der Waals surface area contributed by atoms with Gasteiger partial charge in [0.1, 0.15) is 0 Å². The summed E-state index contributed by atoms with van der Waals surface area (Å²) in [6.07, 6.45) is 21.0. The van der Waals surface area contributed by atoms with Crippen LogP contribution >= 0.6 is 0 Å². The highest BCUT2D eigenvalue weighted by molar-refractivity contribution is 5.65. The number of hydrogen-bond acceptors (Lipinski definition) is 2. The molecule has 1 aliphatic heterocycles. The molecule has 186 valence electrons. The van der Waals surface area contributed by atoms with Crippen LogP contribution in [-0.4, -0.2) is 16.9 Å². The fourth-order valence-corrected chi connectivity index (χ4v) is 10.2. The summed E-state index contributed by atoms with van der Waals surface area (Å²) in [7, 11) is 0. The Hall–Kier alpha value is -0.630. The minimum Gasteiger partial charge on any atom is -0.390 e. The molecule has 0 amide bonds. The van der Waals surface area contributed by atoms with Gasteiger partial charge in [0.05, 0.1) is 5.60 Å². The standard InChI is InChI=1S/C31H51NO/c1-6-31(33)17-16-29(4)24(19-31)9-10-25-27-12-11-26(30(27,5)15-13-28(25)29)22(3)8-7-21(2)23-14-18-32-20-23/h18,20-22,24-28,33H,6-17,19H2,1-5H3/t21-,22+,24-,25-,26+,27-,28-,29-,30+,31-/m0/s1. The third-order valence-electron chi connectivity index (χ3n) is 12.6. The van der Waals surface area contributed by atoms with Gasteiger partial charge in [0, 0.05) is 18.8 Å². The fourth-order valence-electron chi connectivity index (χ4n) is 10.2. The number of nitrogens with zero attached hydrogens (tertiary/aromatic N) is 1. The summed E-state index contributed by atoms with van der Waals surface area (Å²) in [5.41, 5.74) is 2.24. The quantitative estimate of drug-likeness (QED) is 0.432. The maximum absolute atomic E-state index is 11.1. The molecule has 4 fully saturated rings. The zero-order valence-corrected chi connectivity index (χ0v) is 22.3. The fraction of sp³-hybridized carbons (Fsp3) is 0.903. The molecule has 0 radical (unpaired) electrons. The van der Waals surface area contributed by atoms with Crippen LogP contribution in [0, 0.1) is 52.3 Å². The van der Waals surface area contributed by atoms with Crippen molar-refractivity contribution in [2.75, 3.05) is 0 Å². The molecule has 5 aliphatic rings. The van der Waals surface area contributed by atoms with Crippen LogP contribution in [0.15, 0.2) is 16.8 Å². The lowest BCUT2D eigenvalue weighted by molar-refractivity contribution is -0.152. The summed E-state index contributed by atoms with van der Waals surface area (Å²) in [4.78, 5) is 4.34. The predicted molar refractivity (Wildman–Crippen MR) is 139 cm³/mol. The molecular weight excluding hydrogens is 402 g/mol. The molecular formula is C31H51NO. The van der Waals surface area contributed by atoms with Crippen LogP contribution in [0.3, 0.4) is 0 Å². The van der Waals surface area contributed by atoms with Crippen molar-refractivity contribution in [1.29, 1.82) is 0 Å². The molecule has 0 bridgehead atoms. The summed E-state index contributed by atoms with van der Waals surface area (Å²) in [6, 6.07) is 0. The average Bonchev–Trinajstić information content (AvgIpc) is 3.46. The van der Waals surface area contributed by atoms with E-state index in [4.69, 9.17) is 0 Å². The van der Waals surface area contributed by atoms with E-state index < -0.39 is 0 Å². The van der Waals surface area contributed by atoms with Crippen LogP contribution in [0.5, 0.6) is 0 Å². The molecule has 0 saturated heterocycles. The lowest BCUT2D eigenvalue weighted by Gasteiger charge is -2.62. The van der Waals surface area contributed by atoms with Gasteiger partial charge in [-0.3, -0.25) is 4.99 Å². The zero-order valence-electron chi connectivity index (χ0n) is 22.3. The average molecular weight is 454 g/mol. The first-order chi connectivity index (χ1) is 15.7. The molecule has 0 unspecified atom stereocenters. The first-order valence-electron chi connectivity index (χ1n) is 14.6. The first-order valence-corrected chi connectivity index (χ1v) is 14.6. The largest absolute Gasteiger partial charge is 0.390 e. The van der Waals surface area contributed by atoms with E-state index in [2.05, 4.69) is 52.0 Å². The van der Waals surface area contributed by atoms with Gasteiger partial charge in [-0.25, -0.2) is 0 Å². The Labute approximate surface area is 204 Å². The highest BCUT2D eigenvalue weighted by Gasteiger charge is 2.61. The van der Waals surface area contributed by atoms with E-state index >= 15 is 0 Å². The normalized spacial score (nSPS) is 48.5. The Balaban J connectivity index is 1.25. The van der Waals surface area contributed by atoms with Crippen molar-refractivity contribution in [2.24, 2.45) is 57.2 Å². The summed E-state index contributed by atoms with van der Waals surface area (Å²) >= 11 is 0. The van der Waals surface area contributed by atoms with Crippen molar-refractivity contribution in [3.8, 4) is 0 Å². The molecule has 1 heterocycles. The molecule has 1 N–H and O–H groups in total. The lowest BCUT2D eigenvalue weighted by Crippen LogP contribution is -2.56. The highest BCUT2D eigenvalue weighted by atomic mass is 16.3. The Bertz CT molecular complexity index is 786. The number of hydrogen-bond donors (Lipinski definition) is 1. The Morgan fingerprint density at radius 3 is 2.48 bits per heavy atom. The van der Waals surface area contributed by atoms with Crippen LogP contribution in [-0.2, 0) is 0 Å². The van der Waals surface area contributed by atoms with Gasteiger partial charge in [-0.2, -0.15) is 0 Å². The van der Waals surface area contributed by atoms with Gasteiger partial charge in [0.15, 0.2) is 0 Å². The Morgan fingerprint density at radius 1 is 0.970 bits per heavy atom. The molecule has 4 aliphatic carbocycles. The number of aliphatic hydroxyl groups is 1. The van der Waals surface area contributed by atoms with Crippen molar-refractivity contribution in [2.45, 2.75) is 124 Å². The predicted octanol–water partition coefficient (Wildman–Crippen LogP) is 8.20. The second kappa shape index (κ2) is 8.79. The second-order valence-electron chi connectivity index (χ2n) is 13.9. The minimum absolute atomic E-state index is 0.369. The molecule has 33 heavy (non-hydrogen) atoms. The number of aliphatic imine (C=N–C) groups is 1. The van der Waals surface area contributed by atoms with Crippen molar-refractivity contribution >= 4 is 6.21 Å². The van der Waals surface area contributed by atoms with E-state index in [1.54, 1.807) is 5.57 Å². The first kappa shape index (κ1) is 24.1. The summed E-state index contributed by atoms with van der Waals surface area (Å²) < 4.78 is 0. The van der Waals surface area contributed by atoms with E-state index in [-0.39, 0.29) is 5.60 Å². The number of fused-ring (bicyclic) bond motifs is 5. The SMILES string of the molecule is CC[C@]1(O)CC[C@@]2(C)[C@@H](CC[C@@H]3[C@@H]2CC[C@]2(C)[C@@H]([C@H](C)CC[C@H](C)C4=CN=CC4)CC[C@@H]32)C1. The number of rotatable bonds is 6. The molecule has 0 aromatic heterocycles. The van der Waals surface area contributed by atoms with Crippen molar-refractivity contribution < 1.29 is 5.11 Å². The molecule has 0 aromatic rings. The molecule has 5 rings (SSSR count). The summed E-state index contributed by atoms with van der Waals surface area (Å²) in [6.45, 7) is 12.6. The maximum Gasteiger partial charge on any atom is 0.0648 e. The van der Waals surface area contributed by atoms with Crippen molar-refractivity contribution in [3.05, 3.63) is 11.8 Å². The van der Waals surface area contributed by atoms with Crippen LogP contribution in [0.25, 0.3) is 0 Å².